The van der Waals surface area contributed by atoms with E-state index in [2.05, 4.69) is 4.90 Å². The second kappa shape index (κ2) is 4.82. The first kappa shape index (κ1) is 12.4. The molecule has 2 saturated heterocycles. The smallest absolute Gasteiger partial charge is 0.242 e. The summed E-state index contributed by atoms with van der Waals surface area (Å²) in [5, 5.41) is 0. The number of hydrogen-bond donors (Lipinski definition) is 1. The first-order chi connectivity index (χ1) is 8.67. The van der Waals surface area contributed by atoms with Crippen LogP contribution in [-0.4, -0.2) is 54.0 Å². The van der Waals surface area contributed by atoms with Crippen LogP contribution in [0.25, 0.3) is 0 Å². The van der Waals surface area contributed by atoms with Crippen LogP contribution >= 0.6 is 0 Å². The van der Waals surface area contributed by atoms with Crippen LogP contribution in [-0.2, 0) is 4.79 Å². The highest BCUT2D eigenvalue weighted by atomic mass is 16.2. The lowest BCUT2D eigenvalue weighted by atomic mass is 10.1. The number of piperidine rings is 1. The maximum atomic E-state index is 12.2. The van der Waals surface area contributed by atoms with Crippen molar-refractivity contribution in [1.29, 1.82) is 0 Å². The number of amides is 1. The molecule has 1 unspecified atom stereocenters. The lowest BCUT2D eigenvalue weighted by molar-refractivity contribution is -0.132. The van der Waals surface area contributed by atoms with Crippen LogP contribution in [0.5, 0.6) is 0 Å². The fourth-order valence-electron chi connectivity index (χ4n) is 3.34. The highest BCUT2D eigenvalue weighted by Gasteiger charge is 2.49. The molecule has 3 fully saturated rings. The summed E-state index contributed by atoms with van der Waals surface area (Å²) in [5.41, 5.74) is 5.53. The number of rotatable bonds is 3. The Labute approximate surface area is 109 Å². The molecule has 3 rings (SSSR count). The van der Waals surface area contributed by atoms with Gasteiger partial charge in [0.15, 0.2) is 0 Å². The number of nitrogens with two attached hydrogens (primary N) is 1. The Morgan fingerprint density at radius 2 is 1.89 bits per heavy atom. The molecule has 1 amide bonds. The van der Waals surface area contributed by atoms with Gasteiger partial charge in [0.05, 0.1) is 5.54 Å². The number of hydrogen-bond acceptors (Lipinski definition) is 3. The van der Waals surface area contributed by atoms with Crippen LogP contribution < -0.4 is 5.73 Å². The van der Waals surface area contributed by atoms with E-state index in [1.165, 1.54) is 45.3 Å². The van der Waals surface area contributed by atoms with E-state index in [1.54, 1.807) is 0 Å². The average Bonchev–Trinajstić information content (AvgIpc) is 2.97. The third-order valence-electron chi connectivity index (χ3n) is 4.75. The van der Waals surface area contributed by atoms with Crippen molar-refractivity contribution in [2.45, 2.75) is 44.1 Å². The van der Waals surface area contributed by atoms with Crippen molar-refractivity contribution in [1.82, 2.24) is 9.80 Å². The maximum Gasteiger partial charge on any atom is 0.242 e. The van der Waals surface area contributed by atoms with Crippen LogP contribution in [0.15, 0.2) is 0 Å². The molecule has 0 aromatic heterocycles. The summed E-state index contributed by atoms with van der Waals surface area (Å²) in [6.07, 6.45) is 7.03. The molecule has 102 valence electrons. The molecule has 0 aromatic rings. The van der Waals surface area contributed by atoms with Gasteiger partial charge in [0.1, 0.15) is 0 Å². The van der Waals surface area contributed by atoms with Gasteiger partial charge in [-0.15, -0.1) is 0 Å². The van der Waals surface area contributed by atoms with Crippen molar-refractivity contribution in [2.24, 2.45) is 11.7 Å². The zero-order valence-corrected chi connectivity index (χ0v) is 11.2. The van der Waals surface area contributed by atoms with Crippen LogP contribution in [0.3, 0.4) is 0 Å². The van der Waals surface area contributed by atoms with E-state index in [1.807, 2.05) is 4.90 Å². The Balaban J connectivity index is 1.47. The van der Waals surface area contributed by atoms with Crippen LogP contribution in [0.1, 0.15) is 38.5 Å². The molecule has 3 aliphatic rings. The van der Waals surface area contributed by atoms with E-state index < -0.39 is 5.54 Å². The predicted octanol–water partition coefficient (Wildman–Crippen LogP) is 0.812. The van der Waals surface area contributed by atoms with Gasteiger partial charge < -0.3 is 15.5 Å². The average molecular weight is 251 g/mol. The highest BCUT2D eigenvalue weighted by molar-refractivity contribution is 5.89. The fourth-order valence-corrected chi connectivity index (χ4v) is 3.34. The van der Waals surface area contributed by atoms with Crippen molar-refractivity contribution >= 4 is 5.91 Å². The topological polar surface area (TPSA) is 49.6 Å². The molecular formula is C14H25N3O. The Hall–Kier alpha value is -0.610. The Bertz CT molecular complexity index is 321. The van der Waals surface area contributed by atoms with Gasteiger partial charge >= 0.3 is 0 Å². The standard InChI is InChI=1S/C14H25N3O/c15-14(5-6-14)13(18)17-9-4-12(11-17)10-16-7-2-1-3-8-16/h12H,1-11,15H2. The molecule has 0 radical (unpaired) electrons. The van der Waals surface area contributed by atoms with Crippen LogP contribution in [0, 0.1) is 5.92 Å². The molecule has 2 heterocycles. The number of carbonyl (C=O) groups excluding carboxylic acids is 1. The summed E-state index contributed by atoms with van der Waals surface area (Å²) in [4.78, 5) is 16.8. The van der Waals surface area contributed by atoms with E-state index in [0.717, 1.165) is 25.9 Å². The van der Waals surface area contributed by atoms with Gasteiger partial charge in [-0.3, -0.25) is 4.79 Å². The van der Waals surface area contributed by atoms with Gasteiger partial charge in [0.25, 0.3) is 0 Å². The molecular weight excluding hydrogens is 226 g/mol. The molecule has 4 heteroatoms. The maximum absolute atomic E-state index is 12.2. The molecule has 0 spiro atoms. The lowest BCUT2D eigenvalue weighted by Crippen LogP contribution is -2.45. The zero-order valence-electron chi connectivity index (χ0n) is 11.2. The Morgan fingerprint density at radius 1 is 1.17 bits per heavy atom. The van der Waals surface area contributed by atoms with Gasteiger partial charge in [-0.05, 0) is 51.1 Å². The van der Waals surface area contributed by atoms with E-state index in [9.17, 15) is 4.79 Å². The van der Waals surface area contributed by atoms with Gasteiger partial charge in [-0.1, -0.05) is 6.42 Å². The highest BCUT2D eigenvalue weighted by Crippen LogP contribution is 2.35. The first-order valence-electron chi connectivity index (χ1n) is 7.48. The largest absolute Gasteiger partial charge is 0.341 e. The fraction of sp³-hybridized carbons (Fsp3) is 0.929. The second-order valence-electron chi connectivity index (χ2n) is 6.42. The molecule has 1 aliphatic carbocycles. The number of nitrogens with zero attached hydrogens (tertiary/aromatic N) is 2. The zero-order chi connectivity index (χ0) is 12.6. The molecule has 18 heavy (non-hydrogen) atoms. The summed E-state index contributed by atoms with van der Waals surface area (Å²) in [6, 6.07) is 0. The summed E-state index contributed by atoms with van der Waals surface area (Å²) in [6.45, 7) is 5.56. The first-order valence-corrected chi connectivity index (χ1v) is 7.48. The van der Waals surface area contributed by atoms with Crippen molar-refractivity contribution in [3.05, 3.63) is 0 Å². The summed E-state index contributed by atoms with van der Waals surface area (Å²) in [7, 11) is 0. The van der Waals surface area contributed by atoms with Crippen molar-refractivity contribution < 1.29 is 4.79 Å². The minimum atomic E-state index is -0.472. The third-order valence-corrected chi connectivity index (χ3v) is 4.75. The molecule has 0 aromatic carbocycles. The van der Waals surface area contributed by atoms with E-state index in [-0.39, 0.29) is 5.91 Å². The summed E-state index contributed by atoms with van der Waals surface area (Å²) < 4.78 is 0. The van der Waals surface area contributed by atoms with Gasteiger partial charge in [-0.2, -0.15) is 0 Å². The molecule has 1 saturated carbocycles. The third kappa shape index (κ3) is 2.54. The van der Waals surface area contributed by atoms with E-state index in [0.29, 0.717) is 5.92 Å². The van der Waals surface area contributed by atoms with E-state index >= 15 is 0 Å². The monoisotopic (exact) mass is 251 g/mol. The van der Waals surface area contributed by atoms with Crippen molar-refractivity contribution in [3.8, 4) is 0 Å². The molecule has 1 atom stereocenters. The predicted molar refractivity (Wildman–Crippen MR) is 71.1 cm³/mol. The van der Waals surface area contributed by atoms with Crippen molar-refractivity contribution in [3.63, 3.8) is 0 Å². The Kier molecular flexibility index (Phi) is 3.32. The molecule has 4 nitrogen and oxygen atoms in total. The van der Waals surface area contributed by atoms with Crippen LogP contribution in [0.4, 0.5) is 0 Å². The van der Waals surface area contributed by atoms with Gasteiger partial charge in [-0.25, -0.2) is 0 Å². The number of carbonyl (C=O) groups is 1. The molecule has 2 N–H and O–H groups in total. The van der Waals surface area contributed by atoms with E-state index in [4.69, 9.17) is 5.73 Å². The SMILES string of the molecule is NC1(C(=O)N2CCC(CN3CCCCC3)C2)CC1. The summed E-state index contributed by atoms with van der Waals surface area (Å²) in [5.74, 6) is 0.887. The quantitative estimate of drug-likeness (QED) is 0.807. The van der Waals surface area contributed by atoms with Crippen molar-refractivity contribution in [2.75, 3.05) is 32.7 Å². The van der Waals surface area contributed by atoms with Gasteiger partial charge in [0.2, 0.25) is 5.91 Å². The molecule has 0 bridgehead atoms. The second-order valence-corrected chi connectivity index (χ2v) is 6.42. The lowest BCUT2D eigenvalue weighted by Gasteiger charge is -2.29. The Morgan fingerprint density at radius 3 is 2.56 bits per heavy atom. The minimum Gasteiger partial charge on any atom is -0.341 e. The molecule has 2 aliphatic heterocycles. The minimum absolute atomic E-state index is 0.212. The number of likely N-dealkylation sites (tertiary alicyclic amines) is 2. The normalized spacial score (nSPS) is 31.6. The van der Waals surface area contributed by atoms with Crippen LogP contribution in [0.2, 0.25) is 0 Å². The van der Waals surface area contributed by atoms with Gasteiger partial charge in [0, 0.05) is 19.6 Å². The summed E-state index contributed by atoms with van der Waals surface area (Å²) >= 11 is 0.